The van der Waals surface area contributed by atoms with Crippen molar-refractivity contribution in [2.24, 2.45) is 11.7 Å². The lowest BCUT2D eigenvalue weighted by Crippen LogP contribution is -2.47. The molecule has 0 aromatic carbocycles. The molecule has 0 bridgehead atoms. The van der Waals surface area contributed by atoms with Gasteiger partial charge in [-0.05, 0) is 25.7 Å². The fraction of sp³-hybridized carbons (Fsp3) is 0.889. The van der Waals surface area contributed by atoms with Gasteiger partial charge in [-0.1, -0.05) is 0 Å². The summed E-state index contributed by atoms with van der Waals surface area (Å²) in [5.74, 6) is -0.422. The number of hydrogen-bond acceptors (Lipinski definition) is 2. The van der Waals surface area contributed by atoms with E-state index in [1.54, 1.807) is 6.92 Å². The first-order valence-corrected chi connectivity index (χ1v) is 4.91. The first kappa shape index (κ1) is 12.3. The molecule has 0 aromatic rings. The number of rotatable bonds is 4. The molecule has 1 aliphatic rings. The molecule has 15 heavy (non-hydrogen) atoms. The molecule has 1 fully saturated rings. The number of amides is 1. The minimum atomic E-state index is -4.35. The third-order valence-electron chi connectivity index (χ3n) is 2.64. The molecule has 0 spiro atoms. The highest BCUT2D eigenvalue weighted by atomic mass is 19.4. The van der Waals surface area contributed by atoms with Crippen LogP contribution in [-0.4, -0.2) is 36.1 Å². The van der Waals surface area contributed by atoms with E-state index in [1.807, 2.05) is 0 Å². The summed E-state index contributed by atoms with van der Waals surface area (Å²) in [6, 6.07) is -0.359. The predicted octanol–water partition coefficient (Wildman–Crippen LogP) is 1.13. The number of hydrogen-bond donors (Lipinski definition) is 1. The third-order valence-corrected chi connectivity index (χ3v) is 2.64. The molecule has 0 aromatic heterocycles. The van der Waals surface area contributed by atoms with Gasteiger partial charge in [-0.2, -0.15) is 13.2 Å². The molecule has 1 unspecified atom stereocenters. The Morgan fingerprint density at radius 3 is 2.40 bits per heavy atom. The van der Waals surface area contributed by atoms with Gasteiger partial charge in [0, 0.05) is 6.04 Å². The Kier molecular flexibility index (Phi) is 3.59. The van der Waals surface area contributed by atoms with Gasteiger partial charge in [-0.25, -0.2) is 0 Å². The van der Waals surface area contributed by atoms with Crippen LogP contribution >= 0.6 is 0 Å². The highest BCUT2D eigenvalue weighted by molar-refractivity contribution is 5.78. The Morgan fingerprint density at radius 1 is 1.53 bits per heavy atom. The molecule has 1 aliphatic carbocycles. The predicted molar refractivity (Wildman–Crippen MR) is 49.0 cm³/mol. The summed E-state index contributed by atoms with van der Waals surface area (Å²) in [6.45, 7) is 0.0881. The average molecular weight is 224 g/mol. The molecule has 0 aliphatic heterocycles. The Hall–Kier alpha value is -0.780. The van der Waals surface area contributed by atoms with Gasteiger partial charge in [0.1, 0.15) is 6.54 Å². The molecule has 0 saturated heterocycles. The number of halogens is 3. The van der Waals surface area contributed by atoms with E-state index in [1.165, 1.54) is 0 Å². The van der Waals surface area contributed by atoms with Crippen molar-refractivity contribution < 1.29 is 18.0 Å². The lowest BCUT2D eigenvalue weighted by atomic mass is 10.2. The molecular weight excluding hydrogens is 209 g/mol. The minimum absolute atomic E-state index is 0.211. The number of carbonyl (C=O) groups excluding carboxylic acids is 1. The molecule has 0 radical (unpaired) electrons. The fourth-order valence-corrected chi connectivity index (χ4v) is 1.60. The zero-order valence-electron chi connectivity index (χ0n) is 8.55. The van der Waals surface area contributed by atoms with E-state index >= 15 is 0 Å². The Labute approximate surface area is 86.4 Å². The highest BCUT2D eigenvalue weighted by Crippen LogP contribution is 2.36. The topological polar surface area (TPSA) is 46.3 Å². The van der Waals surface area contributed by atoms with Crippen molar-refractivity contribution in [3.05, 3.63) is 0 Å². The zero-order valence-corrected chi connectivity index (χ0v) is 8.55. The van der Waals surface area contributed by atoms with Crippen LogP contribution in [0.3, 0.4) is 0 Å². The second-order valence-corrected chi connectivity index (χ2v) is 3.92. The Bertz CT molecular complexity index is 238. The maximum atomic E-state index is 12.2. The van der Waals surface area contributed by atoms with Crippen LogP contribution in [0, 0.1) is 5.92 Å². The van der Waals surface area contributed by atoms with E-state index in [-0.39, 0.29) is 18.5 Å². The molecule has 88 valence electrons. The molecule has 0 heterocycles. The van der Waals surface area contributed by atoms with Gasteiger partial charge in [0.2, 0.25) is 5.91 Å². The maximum Gasteiger partial charge on any atom is 0.406 e. The van der Waals surface area contributed by atoms with Gasteiger partial charge >= 0.3 is 6.18 Å². The quantitative estimate of drug-likeness (QED) is 0.778. The Balaban J connectivity index is 2.63. The van der Waals surface area contributed by atoms with E-state index in [2.05, 4.69) is 0 Å². The normalized spacial score (nSPS) is 18.7. The Morgan fingerprint density at radius 2 is 2.07 bits per heavy atom. The van der Waals surface area contributed by atoms with Crippen molar-refractivity contribution in [3.63, 3.8) is 0 Å². The molecule has 6 heteroatoms. The summed E-state index contributed by atoms with van der Waals surface area (Å²) >= 11 is 0. The molecule has 1 atom stereocenters. The largest absolute Gasteiger partial charge is 0.406 e. The molecule has 1 rings (SSSR count). The first-order chi connectivity index (χ1) is 6.85. The van der Waals surface area contributed by atoms with Crippen LogP contribution in [0.25, 0.3) is 0 Å². The monoisotopic (exact) mass is 224 g/mol. The van der Waals surface area contributed by atoms with Gasteiger partial charge in [-0.15, -0.1) is 0 Å². The van der Waals surface area contributed by atoms with Gasteiger partial charge in [0.25, 0.3) is 0 Å². The van der Waals surface area contributed by atoms with E-state index in [0.29, 0.717) is 0 Å². The second-order valence-electron chi connectivity index (χ2n) is 3.92. The van der Waals surface area contributed by atoms with Crippen LogP contribution in [0.1, 0.15) is 19.8 Å². The van der Waals surface area contributed by atoms with Crippen LogP contribution in [0.5, 0.6) is 0 Å². The zero-order chi connectivity index (χ0) is 11.6. The summed E-state index contributed by atoms with van der Waals surface area (Å²) in [6.07, 6.45) is -2.56. The van der Waals surface area contributed by atoms with Crippen molar-refractivity contribution >= 4 is 5.91 Å². The van der Waals surface area contributed by atoms with Crippen molar-refractivity contribution in [2.45, 2.75) is 32.0 Å². The number of alkyl halides is 3. The fourth-order valence-electron chi connectivity index (χ4n) is 1.60. The van der Waals surface area contributed by atoms with Crippen molar-refractivity contribution in [1.82, 2.24) is 4.90 Å². The summed E-state index contributed by atoms with van der Waals surface area (Å²) in [4.78, 5) is 12.1. The number of carbonyl (C=O) groups is 1. The SMILES string of the molecule is CC(C1CC1)N(CC(F)(F)F)C(=O)CN. The molecule has 1 amide bonds. The van der Waals surface area contributed by atoms with E-state index in [4.69, 9.17) is 5.73 Å². The van der Waals surface area contributed by atoms with Crippen LogP contribution in [0.4, 0.5) is 13.2 Å². The van der Waals surface area contributed by atoms with Gasteiger partial charge in [-0.3, -0.25) is 4.79 Å². The van der Waals surface area contributed by atoms with Crippen molar-refractivity contribution in [3.8, 4) is 0 Å². The molecular formula is C9H15F3N2O. The maximum absolute atomic E-state index is 12.2. The third kappa shape index (κ3) is 3.70. The smallest absolute Gasteiger partial charge is 0.330 e. The van der Waals surface area contributed by atoms with E-state index in [9.17, 15) is 18.0 Å². The van der Waals surface area contributed by atoms with Crippen LogP contribution in [0.2, 0.25) is 0 Å². The summed E-state index contributed by atoms with van der Waals surface area (Å²) < 4.78 is 36.6. The summed E-state index contributed by atoms with van der Waals surface area (Å²) in [5.41, 5.74) is 5.09. The molecule has 3 nitrogen and oxygen atoms in total. The second kappa shape index (κ2) is 4.38. The highest BCUT2D eigenvalue weighted by Gasteiger charge is 2.39. The van der Waals surface area contributed by atoms with E-state index in [0.717, 1.165) is 17.7 Å². The molecule has 2 N–H and O–H groups in total. The lowest BCUT2D eigenvalue weighted by Gasteiger charge is -2.29. The summed E-state index contributed by atoms with van der Waals surface area (Å²) in [7, 11) is 0. The first-order valence-electron chi connectivity index (χ1n) is 4.91. The van der Waals surface area contributed by atoms with Crippen molar-refractivity contribution in [2.75, 3.05) is 13.1 Å². The number of nitrogens with two attached hydrogens (primary N) is 1. The summed E-state index contributed by atoms with van der Waals surface area (Å²) in [5, 5.41) is 0. The average Bonchev–Trinajstić information content (AvgIpc) is 2.93. The van der Waals surface area contributed by atoms with Crippen LogP contribution in [-0.2, 0) is 4.79 Å². The minimum Gasteiger partial charge on any atom is -0.330 e. The number of nitrogens with zero attached hydrogens (tertiary/aromatic N) is 1. The molecule has 1 saturated carbocycles. The van der Waals surface area contributed by atoms with Crippen LogP contribution < -0.4 is 5.73 Å². The van der Waals surface area contributed by atoms with Gasteiger partial charge in [0.15, 0.2) is 0 Å². The van der Waals surface area contributed by atoms with Gasteiger partial charge < -0.3 is 10.6 Å². The van der Waals surface area contributed by atoms with Gasteiger partial charge in [0.05, 0.1) is 6.54 Å². The van der Waals surface area contributed by atoms with Crippen molar-refractivity contribution in [1.29, 1.82) is 0 Å². The van der Waals surface area contributed by atoms with E-state index < -0.39 is 18.6 Å². The standard InChI is InChI=1S/C9H15F3N2O/c1-6(7-2-3-7)14(8(15)4-13)5-9(10,11)12/h6-7H,2-5,13H2,1H3. The van der Waals surface area contributed by atoms with Crippen LogP contribution in [0.15, 0.2) is 0 Å². The lowest BCUT2D eigenvalue weighted by molar-refractivity contribution is -0.165.